The van der Waals surface area contributed by atoms with Gasteiger partial charge < -0.3 is 10.2 Å². The van der Waals surface area contributed by atoms with Crippen LogP contribution in [-0.2, 0) is 29.0 Å². The smallest absolute Gasteiger partial charge is 0.242 e. The van der Waals surface area contributed by atoms with E-state index < -0.39 is 0 Å². The van der Waals surface area contributed by atoms with Crippen molar-refractivity contribution in [1.82, 2.24) is 10.2 Å². The van der Waals surface area contributed by atoms with Crippen molar-refractivity contribution in [3.05, 3.63) is 57.8 Å². The summed E-state index contributed by atoms with van der Waals surface area (Å²) >= 11 is 1.65. The van der Waals surface area contributed by atoms with Crippen molar-refractivity contribution in [2.24, 2.45) is 0 Å². The molecule has 1 heterocycles. The van der Waals surface area contributed by atoms with Crippen LogP contribution in [0.5, 0.6) is 0 Å². The molecule has 0 atom stereocenters. The molecule has 0 spiro atoms. The first-order chi connectivity index (χ1) is 11.1. The van der Waals surface area contributed by atoms with Gasteiger partial charge in [0.15, 0.2) is 0 Å². The van der Waals surface area contributed by atoms with Gasteiger partial charge in [-0.2, -0.15) is 0 Å². The van der Waals surface area contributed by atoms with Gasteiger partial charge in [0.2, 0.25) is 11.8 Å². The molecule has 5 heteroatoms. The average Bonchev–Trinajstić information content (AvgIpc) is 3.18. The van der Waals surface area contributed by atoms with E-state index in [-0.39, 0.29) is 24.4 Å². The predicted molar refractivity (Wildman–Crippen MR) is 91.2 cm³/mol. The molecule has 0 fully saturated rings. The van der Waals surface area contributed by atoms with E-state index in [1.807, 2.05) is 34.5 Å². The number of amides is 2. The number of carbonyl (C=O) groups excluding carboxylic acids is 2. The highest BCUT2D eigenvalue weighted by molar-refractivity contribution is 7.09. The van der Waals surface area contributed by atoms with Crippen LogP contribution in [0.1, 0.15) is 22.9 Å². The number of thiophene rings is 1. The Kier molecular flexibility index (Phi) is 4.76. The Morgan fingerprint density at radius 1 is 1.17 bits per heavy atom. The molecule has 2 aromatic rings. The monoisotopic (exact) mass is 328 g/mol. The summed E-state index contributed by atoms with van der Waals surface area (Å²) in [4.78, 5) is 26.8. The normalized spacial score (nSPS) is 13.6. The molecule has 4 nitrogen and oxygen atoms in total. The van der Waals surface area contributed by atoms with Gasteiger partial charge in [-0.1, -0.05) is 30.3 Å². The third-order valence-electron chi connectivity index (χ3n) is 4.19. The van der Waals surface area contributed by atoms with Gasteiger partial charge in [0.05, 0.1) is 13.1 Å². The van der Waals surface area contributed by atoms with Gasteiger partial charge in [-0.15, -0.1) is 11.3 Å². The Labute approximate surface area is 140 Å². The largest absolute Gasteiger partial charge is 0.347 e. The summed E-state index contributed by atoms with van der Waals surface area (Å²) in [6.45, 7) is 2.10. The van der Waals surface area contributed by atoms with Gasteiger partial charge in [0.1, 0.15) is 0 Å². The molecule has 23 heavy (non-hydrogen) atoms. The molecule has 0 saturated carbocycles. The molecule has 1 N–H and O–H groups in total. The van der Waals surface area contributed by atoms with Crippen molar-refractivity contribution in [2.45, 2.75) is 32.4 Å². The fourth-order valence-corrected chi connectivity index (χ4v) is 3.75. The Balaban J connectivity index is 1.75. The lowest BCUT2D eigenvalue weighted by molar-refractivity contribution is -0.135. The van der Waals surface area contributed by atoms with Gasteiger partial charge in [0.25, 0.3) is 0 Å². The Morgan fingerprint density at radius 3 is 2.43 bits per heavy atom. The summed E-state index contributed by atoms with van der Waals surface area (Å²) in [5.74, 6) is -0.199. The number of benzene rings is 1. The molecule has 2 amide bonds. The molecule has 120 valence electrons. The summed E-state index contributed by atoms with van der Waals surface area (Å²) in [7, 11) is 0. The van der Waals surface area contributed by atoms with Crippen molar-refractivity contribution in [1.29, 1.82) is 0 Å². The molecular weight excluding hydrogens is 308 g/mol. The minimum atomic E-state index is -0.177. The van der Waals surface area contributed by atoms with Crippen LogP contribution in [-0.4, -0.2) is 29.3 Å². The summed E-state index contributed by atoms with van der Waals surface area (Å²) < 4.78 is 0. The Bertz CT molecular complexity index is 672. The molecule has 3 rings (SSSR count). The highest BCUT2D eigenvalue weighted by Gasteiger charge is 2.29. The van der Waals surface area contributed by atoms with Gasteiger partial charge in [0, 0.05) is 17.8 Å². The number of hydrogen-bond acceptors (Lipinski definition) is 3. The fraction of sp³-hybridized carbons (Fsp3) is 0.333. The zero-order valence-corrected chi connectivity index (χ0v) is 13.9. The second-order valence-corrected chi connectivity index (χ2v) is 6.87. The summed E-state index contributed by atoms with van der Waals surface area (Å²) in [5, 5.41) is 4.65. The Morgan fingerprint density at radius 2 is 1.87 bits per heavy atom. The minimum Gasteiger partial charge on any atom is -0.347 e. The molecule has 1 aromatic carbocycles. The zero-order chi connectivity index (χ0) is 16.2. The minimum absolute atomic E-state index is 0.0218. The molecule has 0 bridgehead atoms. The third kappa shape index (κ3) is 3.79. The molecule has 0 saturated heterocycles. The first-order valence-electron chi connectivity index (χ1n) is 7.76. The molecule has 0 unspecified atom stereocenters. The third-order valence-corrected chi connectivity index (χ3v) is 5.05. The zero-order valence-electron chi connectivity index (χ0n) is 13.1. The molecule has 1 aromatic heterocycles. The maximum Gasteiger partial charge on any atom is 0.242 e. The van der Waals surface area contributed by atoms with Crippen LogP contribution in [0.4, 0.5) is 0 Å². The fourth-order valence-electron chi connectivity index (χ4n) is 3.05. The first kappa shape index (κ1) is 15.7. The SMILES string of the molecule is CC(=O)NCC(=O)N(Cc1cccs1)C1Cc2ccccc2C1. The van der Waals surface area contributed by atoms with E-state index in [0.29, 0.717) is 6.54 Å². The van der Waals surface area contributed by atoms with E-state index in [9.17, 15) is 9.59 Å². The quantitative estimate of drug-likeness (QED) is 0.916. The van der Waals surface area contributed by atoms with Crippen molar-refractivity contribution in [3.63, 3.8) is 0 Å². The maximum absolute atomic E-state index is 12.6. The van der Waals surface area contributed by atoms with Crippen molar-refractivity contribution in [3.8, 4) is 0 Å². The second kappa shape index (κ2) is 6.96. The van der Waals surface area contributed by atoms with Crippen molar-refractivity contribution >= 4 is 23.2 Å². The van der Waals surface area contributed by atoms with Crippen LogP contribution >= 0.6 is 11.3 Å². The topological polar surface area (TPSA) is 49.4 Å². The van der Waals surface area contributed by atoms with Gasteiger partial charge >= 0.3 is 0 Å². The number of hydrogen-bond donors (Lipinski definition) is 1. The second-order valence-electron chi connectivity index (χ2n) is 5.84. The van der Waals surface area contributed by atoms with Crippen molar-refractivity contribution in [2.75, 3.05) is 6.54 Å². The molecule has 0 radical (unpaired) electrons. The van der Waals surface area contributed by atoms with E-state index in [1.165, 1.54) is 18.1 Å². The molecule has 1 aliphatic carbocycles. The summed E-state index contributed by atoms with van der Waals surface area (Å²) in [5.41, 5.74) is 2.64. The summed E-state index contributed by atoms with van der Waals surface area (Å²) in [6.07, 6.45) is 1.76. The van der Waals surface area contributed by atoms with Gasteiger partial charge in [-0.25, -0.2) is 0 Å². The number of rotatable bonds is 5. The van der Waals surface area contributed by atoms with Gasteiger partial charge in [-0.3, -0.25) is 9.59 Å². The van der Waals surface area contributed by atoms with Crippen LogP contribution in [0.25, 0.3) is 0 Å². The highest BCUT2D eigenvalue weighted by Crippen LogP contribution is 2.27. The Hall–Kier alpha value is -2.14. The van der Waals surface area contributed by atoms with Gasteiger partial charge in [-0.05, 0) is 35.4 Å². The van der Waals surface area contributed by atoms with Crippen LogP contribution in [0.15, 0.2) is 41.8 Å². The van der Waals surface area contributed by atoms with Crippen LogP contribution < -0.4 is 5.32 Å². The van der Waals surface area contributed by atoms with Crippen molar-refractivity contribution < 1.29 is 9.59 Å². The van der Waals surface area contributed by atoms with E-state index in [4.69, 9.17) is 0 Å². The standard InChI is InChI=1S/C18H20N2O2S/c1-13(21)19-11-18(22)20(12-17-7-4-8-23-17)16-9-14-5-2-3-6-15(14)10-16/h2-8,16H,9-12H2,1H3,(H,19,21). The van der Waals surface area contributed by atoms with Crippen LogP contribution in [0.2, 0.25) is 0 Å². The lowest BCUT2D eigenvalue weighted by Gasteiger charge is -2.29. The van der Waals surface area contributed by atoms with E-state index in [1.54, 1.807) is 11.3 Å². The summed E-state index contributed by atoms with van der Waals surface area (Å²) in [6, 6.07) is 12.6. The van der Waals surface area contributed by atoms with Crippen LogP contribution in [0.3, 0.4) is 0 Å². The lowest BCUT2D eigenvalue weighted by atomic mass is 10.1. The molecule has 0 aliphatic heterocycles. The number of nitrogens with one attached hydrogen (secondary N) is 1. The maximum atomic E-state index is 12.6. The van der Waals surface area contributed by atoms with E-state index in [0.717, 1.165) is 17.7 Å². The van der Waals surface area contributed by atoms with E-state index in [2.05, 4.69) is 17.4 Å². The average molecular weight is 328 g/mol. The number of nitrogens with zero attached hydrogens (tertiary/aromatic N) is 1. The molecular formula is C18H20N2O2S. The predicted octanol–water partition coefficient (Wildman–Crippen LogP) is 2.38. The van der Waals surface area contributed by atoms with Crippen LogP contribution in [0, 0.1) is 0 Å². The molecule has 1 aliphatic rings. The first-order valence-corrected chi connectivity index (χ1v) is 8.64. The number of carbonyl (C=O) groups is 2. The van der Waals surface area contributed by atoms with E-state index >= 15 is 0 Å². The highest BCUT2D eigenvalue weighted by atomic mass is 32.1. The lowest BCUT2D eigenvalue weighted by Crippen LogP contribution is -2.45. The number of fused-ring (bicyclic) bond motifs is 1.